The number of hydrogen-bond donors (Lipinski definition) is 1. The molecule has 2 heterocycles. The van der Waals surface area contributed by atoms with E-state index in [4.69, 9.17) is 9.84 Å². The summed E-state index contributed by atoms with van der Waals surface area (Å²) in [7, 11) is 0. The van der Waals surface area contributed by atoms with Crippen LogP contribution in [-0.2, 0) is 4.79 Å². The normalized spacial score (nSPS) is 17.2. The van der Waals surface area contributed by atoms with Crippen molar-refractivity contribution in [2.45, 2.75) is 26.9 Å². The van der Waals surface area contributed by atoms with Crippen molar-refractivity contribution in [3.8, 4) is 5.88 Å². The molecule has 0 spiro atoms. The Kier molecular flexibility index (Phi) is 3.87. The highest BCUT2D eigenvalue weighted by molar-refractivity contribution is 5.70. The minimum atomic E-state index is -0.748. The molecule has 1 aliphatic heterocycles. The third kappa shape index (κ3) is 3.13. The van der Waals surface area contributed by atoms with Gasteiger partial charge in [0.2, 0.25) is 11.8 Å². The quantitative estimate of drug-likeness (QED) is 0.867. The number of nitrogens with zero attached hydrogens (tertiary/aromatic N) is 3. The average Bonchev–Trinajstić information content (AvgIpc) is 2.26. The standard InChI is InChI=1S/C13H19N3O3/c1-8(2)19-11-4-5-14-13(15-11)16-6-10(7-16)9(3)12(17)18/h4-5,8-10H,6-7H2,1-3H3,(H,17,18). The number of aromatic nitrogens is 2. The zero-order chi connectivity index (χ0) is 14.0. The van der Waals surface area contributed by atoms with Crippen LogP contribution >= 0.6 is 0 Å². The largest absolute Gasteiger partial charge is 0.481 e. The summed E-state index contributed by atoms with van der Waals surface area (Å²) in [6, 6.07) is 1.72. The zero-order valence-corrected chi connectivity index (χ0v) is 11.4. The van der Waals surface area contributed by atoms with Crippen molar-refractivity contribution in [2.24, 2.45) is 11.8 Å². The van der Waals surface area contributed by atoms with E-state index in [1.54, 1.807) is 19.2 Å². The van der Waals surface area contributed by atoms with E-state index < -0.39 is 5.97 Å². The minimum Gasteiger partial charge on any atom is -0.481 e. The maximum absolute atomic E-state index is 10.9. The number of carboxylic acids is 1. The Morgan fingerprint density at radius 1 is 1.47 bits per heavy atom. The summed E-state index contributed by atoms with van der Waals surface area (Å²) in [6.07, 6.45) is 1.73. The summed E-state index contributed by atoms with van der Waals surface area (Å²) in [4.78, 5) is 21.4. The second-order valence-electron chi connectivity index (χ2n) is 5.15. The molecule has 1 fully saturated rings. The van der Waals surface area contributed by atoms with E-state index in [0.717, 1.165) is 0 Å². The number of ether oxygens (including phenoxy) is 1. The third-order valence-corrected chi connectivity index (χ3v) is 3.26. The molecule has 1 unspecified atom stereocenters. The topological polar surface area (TPSA) is 75.5 Å². The first-order chi connectivity index (χ1) is 8.97. The molecule has 1 aliphatic rings. The highest BCUT2D eigenvalue weighted by Gasteiger charge is 2.36. The zero-order valence-electron chi connectivity index (χ0n) is 11.4. The smallest absolute Gasteiger partial charge is 0.306 e. The van der Waals surface area contributed by atoms with Crippen LogP contribution in [0.1, 0.15) is 20.8 Å². The highest BCUT2D eigenvalue weighted by Crippen LogP contribution is 2.27. The van der Waals surface area contributed by atoms with Crippen LogP contribution in [0.4, 0.5) is 5.95 Å². The van der Waals surface area contributed by atoms with Crippen molar-refractivity contribution in [1.82, 2.24) is 9.97 Å². The Bertz CT molecular complexity index is 458. The number of rotatable bonds is 5. The lowest BCUT2D eigenvalue weighted by atomic mass is 9.87. The second kappa shape index (κ2) is 5.42. The molecule has 104 valence electrons. The molecule has 1 aromatic rings. The van der Waals surface area contributed by atoms with E-state index in [9.17, 15) is 4.79 Å². The predicted octanol–water partition coefficient (Wildman–Crippen LogP) is 1.42. The van der Waals surface area contributed by atoms with E-state index >= 15 is 0 Å². The average molecular weight is 265 g/mol. The van der Waals surface area contributed by atoms with Gasteiger partial charge in [0.05, 0.1) is 12.0 Å². The van der Waals surface area contributed by atoms with E-state index in [-0.39, 0.29) is 17.9 Å². The van der Waals surface area contributed by atoms with Gasteiger partial charge >= 0.3 is 5.97 Å². The van der Waals surface area contributed by atoms with Crippen molar-refractivity contribution in [2.75, 3.05) is 18.0 Å². The van der Waals surface area contributed by atoms with Gasteiger partial charge in [-0.15, -0.1) is 0 Å². The monoisotopic (exact) mass is 265 g/mol. The van der Waals surface area contributed by atoms with Gasteiger partial charge in [-0.3, -0.25) is 4.79 Å². The first kappa shape index (κ1) is 13.6. The Morgan fingerprint density at radius 3 is 2.74 bits per heavy atom. The number of anilines is 1. The molecule has 6 nitrogen and oxygen atoms in total. The molecular formula is C13H19N3O3. The summed E-state index contributed by atoms with van der Waals surface area (Å²) < 4.78 is 5.51. The molecule has 6 heteroatoms. The van der Waals surface area contributed by atoms with E-state index in [0.29, 0.717) is 24.9 Å². The van der Waals surface area contributed by atoms with Crippen molar-refractivity contribution < 1.29 is 14.6 Å². The Balaban J connectivity index is 1.96. The van der Waals surface area contributed by atoms with Crippen LogP contribution in [0.15, 0.2) is 12.3 Å². The Hall–Kier alpha value is -1.85. The van der Waals surface area contributed by atoms with Crippen LogP contribution in [0.5, 0.6) is 5.88 Å². The molecule has 0 aromatic carbocycles. The number of hydrogen-bond acceptors (Lipinski definition) is 5. The van der Waals surface area contributed by atoms with Gasteiger partial charge in [-0.2, -0.15) is 4.98 Å². The van der Waals surface area contributed by atoms with Crippen LogP contribution < -0.4 is 9.64 Å². The van der Waals surface area contributed by atoms with Crippen LogP contribution in [0.25, 0.3) is 0 Å². The predicted molar refractivity (Wildman–Crippen MR) is 70.3 cm³/mol. The SMILES string of the molecule is CC(C)Oc1ccnc(N2CC(C(C)C(=O)O)C2)n1. The maximum Gasteiger partial charge on any atom is 0.306 e. The number of carbonyl (C=O) groups is 1. The third-order valence-electron chi connectivity index (χ3n) is 3.26. The van der Waals surface area contributed by atoms with E-state index in [2.05, 4.69) is 9.97 Å². The van der Waals surface area contributed by atoms with Crippen molar-refractivity contribution in [1.29, 1.82) is 0 Å². The van der Waals surface area contributed by atoms with Gasteiger partial charge in [-0.1, -0.05) is 6.92 Å². The Morgan fingerprint density at radius 2 is 2.16 bits per heavy atom. The van der Waals surface area contributed by atoms with Crippen LogP contribution in [0.3, 0.4) is 0 Å². The van der Waals surface area contributed by atoms with Crippen molar-refractivity contribution in [3.63, 3.8) is 0 Å². The maximum atomic E-state index is 10.9. The fraction of sp³-hybridized carbons (Fsp3) is 0.615. The Labute approximate surface area is 112 Å². The second-order valence-corrected chi connectivity index (χ2v) is 5.15. The lowest BCUT2D eigenvalue weighted by Crippen LogP contribution is -2.51. The summed E-state index contributed by atoms with van der Waals surface area (Å²) >= 11 is 0. The molecule has 2 rings (SSSR count). The summed E-state index contributed by atoms with van der Waals surface area (Å²) in [5, 5.41) is 8.95. The summed E-state index contributed by atoms with van der Waals surface area (Å²) in [6.45, 7) is 6.98. The fourth-order valence-corrected chi connectivity index (χ4v) is 1.99. The molecule has 1 saturated heterocycles. The van der Waals surface area contributed by atoms with Gasteiger partial charge < -0.3 is 14.7 Å². The molecular weight excluding hydrogens is 246 g/mol. The van der Waals surface area contributed by atoms with Gasteiger partial charge in [0.15, 0.2) is 0 Å². The van der Waals surface area contributed by atoms with E-state index in [1.165, 1.54) is 0 Å². The lowest BCUT2D eigenvalue weighted by Gasteiger charge is -2.41. The van der Waals surface area contributed by atoms with Crippen LogP contribution in [-0.4, -0.2) is 40.2 Å². The van der Waals surface area contributed by atoms with Gasteiger partial charge in [-0.25, -0.2) is 4.98 Å². The van der Waals surface area contributed by atoms with Crippen LogP contribution in [0.2, 0.25) is 0 Å². The molecule has 1 N–H and O–H groups in total. The molecule has 1 atom stereocenters. The van der Waals surface area contributed by atoms with Crippen LogP contribution in [0, 0.1) is 11.8 Å². The van der Waals surface area contributed by atoms with Gasteiger partial charge in [0.1, 0.15) is 0 Å². The molecule has 19 heavy (non-hydrogen) atoms. The van der Waals surface area contributed by atoms with Gasteiger partial charge in [0, 0.05) is 31.3 Å². The molecule has 0 amide bonds. The molecule has 0 saturated carbocycles. The molecule has 0 aliphatic carbocycles. The van der Waals surface area contributed by atoms with Crippen molar-refractivity contribution in [3.05, 3.63) is 12.3 Å². The lowest BCUT2D eigenvalue weighted by molar-refractivity contribution is -0.143. The van der Waals surface area contributed by atoms with Gasteiger partial charge in [-0.05, 0) is 13.8 Å². The number of aliphatic carboxylic acids is 1. The number of carboxylic acid groups (broad SMARTS) is 1. The molecule has 0 bridgehead atoms. The minimum absolute atomic E-state index is 0.0684. The van der Waals surface area contributed by atoms with E-state index in [1.807, 2.05) is 18.7 Å². The molecule has 1 aromatic heterocycles. The fourth-order valence-electron chi connectivity index (χ4n) is 1.99. The van der Waals surface area contributed by atoms with Gasteiger partial charge in [0.25, 0.3) is 0 Å². The van der Waals surface area contributed by atoms with Crippen molar-refractivity contribution >= 4 is 11.9 Å². The summed E-state index contributed by atoms with van der Waals surface area (Å²) in [5.41, 5.74) is 0. The first-order valence-corrected chi connectivity index (χ1v) is 6.45. The molecule has 0 radical (unpaired) electrons. The highest BCUT2D eigenvalue weighted by atomic mass is 16.5. The first-order valence-electron chi connectivity index (χ1n) is 6.45. The summed E-state index contributed by atoms with van der Waals surface area (Å²) in [5.74, 6) is 0.242.